The third-order valence-electron chi connectivity index (χ3n) is 5.85. The molecule has 7 nitrogen and oxygen atoms in total. The minimum atomic E-state index is -0.585. The molecule has 1 fully saturated rings. The number of aromatic nitrogens is 2. The Bertz CT molecular complexity index is 1330. The van der Waals surface area contributed by atoms with Crippen LogP contribution < -0.4 is 5.32 Å². The van der Waals surface area contributed by atoms with E-state index in [0.717, 1.165) is 34.9 Å². The Morgan fingerprint density at radius 2 is 1.97 bits per heavy atom. The van der Waals surface area contributed by atoms with E-state index in [2.05, 4.69) is 15.5 Å². The number of nitrogens with one attached hydrogen (secondary N) is 1. The lowest BCUT2D eigenvalue weighted by Crippen LogP contribution is -2.31. The standard InChI is InChI=1S/C25H23N3O4/c1-14(18-9-5-7-16-6-3-4-8-19(16)18)26-22(29)13-31-25(30)20-12-21(17-10-11-17)27-24-23(20)15(2)28-32-24/h3-9,12,14,17H,10-11,13H2,1-2H3,(H,26,29). The monoisotopic (exact) mass is 429 g/mol. The summed E-state index contributed by atoms with van der Waals surface area (Å²) in [6.45, 7) is 3.29. The fraction of sp³-hybridized carbons (Fsp3) is 0.280. The Morgan fingerprint density at radius 3 is 2.78 bits per heavy atom. The van der Waals surface area contributed by atoms with Crippen molar-refractivity contribution in [3.8, 4) is 0 Å². The van der Waals surface area contributed by atoms with Crippen LogP contribution in [0.15, 0.2) is 53.1 Å². The smallest absolute Gasteiger partial charge is 0.339 e. The second-order valence-corrected chi connectivity index (χ2v) is 8.25. The lowest BCUT2D eigenvalue weighted by molar-refractivity contribution is -0.124. The molecule has 32 heavy (non-hydrogen) atoms. The van der Waals surface area contributed by atoms with Crippen molar-refractivity contribution in [2.45, 2.75) is 38.6 Å². The summed E-state index contributed by atoms with van der Waals surface area (Å²) in [5.74, 6) is -0.617. The molecule has 2 heterocycles. The number of aryl methyl sites for hydroxylation is 1. The number of hydrogen-bond acceptors (Lipinski definition) is 6. The molecule has 2 aromatic heterocycles. The van der Waals surface area contributed by atoms with Crippen molar-refractivity contribution in [3.05, 3.63) is 71.0 Å². The van der Waals surface area contributed by atoms with Gasteiger partial charge in [0.1, 0.15) is 0 Å². The van der Waals surface area contributed by atoms with Crippen molar-refractivity contribution in [3.63, 3.8) is 0 Å². The van der Waals surface area contributed by atoms with Gasteiger partial charge in [-0.15, -0.1) is 0 Å². The highest BCUT2D eigenvalue weighted by Crippen LogP contribution is 2.40. The third kappa shape index (κ3) is 3.82. The van der Waals surface area contributed by atoms with E-state index in [1.165, 1.54) is 0 Å². The maximum absolute atomic E-state index is 12.8. The number of carbonyl (C=O) groups excluding carboxylic acids is 2. The van der Waals surface area contributed by atoms with Gasteiger partial charge in [-0.05, 0) is 49.1 Å². The highest BCUT2D eigenvalue weighted by atomic mass is 16.5. The van der Waals surface area contributed by atoms with Crippen LogP contribution in [-0.4, -0.2) is 28.6 Å². The van der Waals surface area contributed by atoms with Gasteiger partial charge in [-0.3, -0.25) is 4.79 Å². The first-order valence-corrected chi connectivity index (χ1v) is 10.7. The van der Waals surface area contributed by atoms with E-state index in [1.54, 1.807) is 13.0 Å². The quantitative estimate of drug-likeness (QED) is 0.450. The molecule has 1 amide bonds. The molecule has 0 aliphatic heterocycles. The lowest BCUT2D eigenvalue weighted by Gasteiger charge is -2.16. The van der Waals surface area contributed by atoms with Gasteiger partial charge in [0.05, 0.1) is 22.7 Å². The molecular formula is C25H23N3O4. The summed E-state index contributed by atoms with van der Waals surface area (Å²) < 4.78 is 10.6. The average Bonchev–Trinajstić information content (AvgIpc) is 3.59. The first-order chi connectivity index (χ1) is 15.5. The zero-order valence-corrected chi connectivity index (χ0v) is 17.9. The Morgan fingerprint density at radius 1 is 1.19 bits per heavy atom. The van der Waals surface area contributed by atoms with Crippen molar-refractivity contribution in [1.29, 1.82) is 0 Å². The van der Waals surface area contributed by atoms with Gasteiger partial charge in [-0.25, -0.2) is 9.78 Å². The predicted molar refractivity (Wildman–Crippen MR) is 119 cm³/mol. The molecule has 0 saturated heterocycles. The second kappa shape index (κ2) is 8.07. The summed E-state index contributed by atoms with van der Waals surface area (Å²) in [6, 6.07) is 15.5. The van der Waals surface area contributed by atoms with Crippen molar-refractivity contribution >= 4 is 33.7 Å². The third-order valence-corrected chi connectivity index (χ3v) is 5.85. The van der Waals surface area contributed by atoms with Crippen LogP contribution in [0, 0.1) is 6.92 Å². The number of carbonyl (C=O) groups is 2. The van der Waals surface area contributed by atoms with Crippen LogP contribution in [0.5, 0.6) is 0 Å². The van der Waals surface area contributed by atoms with E-state index < -0.39 is 5.97 Å². The van der Waals surface area contributed by atoms with Crippen molar-refractivity contribution in [2.24, 2.45) is 0 Å². The number of esters is 1. The van der Waals surface area contributed by atoms with E-state index in [1.807, 2.05) is 49.4 Å². The van der Waals surface area contributed by atoms with Crippen molar-refractivity contribution in [2.75, 3.05) is 6.61 Å². The number of amides is 1. The fourth-order valence-corrected chi connectivity index (χ4v) is 4.06. The summed E-state index contributed by atoms with van der Waals surface area (Å²) in [4.78, 5) is 29.9. The number of nitrogens with zero attached hydrogens (tertiary/aromatic N) is 2. The molecule has 2 aromatic carbocycles. The van der Waals surface area contributed by atoms with E-state index in [-0.39, 0.29) is 18.6 Å². The van der Waals surface area contributed by atoms with Gasteiger partial charge in [-0.2, -0.15) is 0 Å². The molecule has 0 spiro atoms. The first-order valence-electron chi connectivity index (χ1n) is 10.7. The number of pyridine rings is 1. The van der Waals surface area contributed by atoms with Gasteiger partial charge in [0.15, 0.2) is 6.61 Å². The SMILES string of the molecule is Cc1noc2nc(C3CC3)cc(C(=O)OCC(=O)NC(C)c3cccc4ccccc34)c12. The second-order valence-electron chi connectivity index (χ2n) is 8.25. The molecular weight excluding hydrogens is 406 g/mol. The Balaban J connectivity index is 1.29. The maximum atomic E-state index is 12.8. The van der Waals surface area contributed by atoms with Crippen LogP contribution >= 0.6 is 0 Å². The minimum absolute atomic E-state index is 0.235. The Labute approximate surface area is 184 Å². The number of hydrogen-bond donors (Lipinski definition) is 1. The topological polar surface area (TPSA) is 94.3 Å². The van der Waals surface area contributed by atoms with Gasteiger partial charge in [0.2, 0.25) is 0 Å². The van der Waals surface area contributed by atoms with E-state index in [0.29, 0.717) is 28.3 Å². The Hall–Kier alpha value is -3.74. The molecule has 1 atom stereocenters. The molecule has 1 saturated carbocycles. The van der Waals surface area contributed by atoms with Crippen LogP contribution in [-0.2, 0) is 9.53 Å². The van der Waals surface area contributed by atoms with Crippen molar-refractivity contribution < 1.29 is 18.8 Å². The van der Waals surface area contributed by atoms with E-state index >= 15 is 0 Å². The lowest BCUT2D eigenvalue weighted by atomic mass is 10.00. The highest BCUT2D eigenvalue weighted by molar-refractivity contribution is 6.03. The van der Waals surface area contributed by atoms with Gasteiger partial charge in [0.25, 0.3) is 11.6 Å². The van der Waals surface area contributed by atoms with Gasteiger partial charge < -0.3 is 14.6 Å². The molecule has 4 aromatic rings. The van der Waals surface area contributed by atoms with E-state index in [4.69, 9.17) is 9.26 Å². The van der Waals surface area contributed by atoms with Gasteiger partial charge in [0, 0.05) is 11.6 Å². The van der Waals surface area contributed by atoms with Crippen LogP contribution in [0.4, 0.5) is 0 Å². The van der Waals surface area contributed by atoms with Gasteiger partial charge in [-0.1, -0.05) is 47.6 Å². The predicted octanol–water partition coefficient (Wildman–Crippen LogP) is 4.60. The average molecular weight is 429 g/mol. The van der Waals surface area contributed by atoms with Crippen LogP contribution in [0.25, 0.3) is 21.9 Å². The summed E-state index contributed by atoms with van der Waals surface area (Å²) in [5.41, 5.74) is 3.04. The van der Waals surface area contributed by atoms with Crippen LogP contribution in [0.3, 0.4) is 0 Å². The molecule has 1 aliphatic rings. The first kappa shape index (κ1) is 20.2. The fourth-order valence-electron chi connectivity index (χ4n) is 4.06. The summed E-state index contributed by atoms with van der Waals surface area (Å²) >= 11 is 0. The van der Waals surface area contributed by atoms with E-state index in [9.17, 15) is 9.59 Å². The summed E-state index contributed by atoms with van der Waals surface area (Å²) in [5, 5.41) is 9.56. The molecule has 5 rings (SSSR count). The molecule has 1 unspecified atom stereocenters. The largest absolute Gasteiger partial charge is 0.452 e. The number of fused-ring (bicyclic) bond motifs is 2. The van der Waals surface area contributed by atoms with Gasteiger partial charge >= 0.3 is 5.97 Å². The molecule has 7 heteroatoms. The number of ether oxygens (including phenoxy) is 1. The zero-order chi connectivity index (χ0) is 22.2. The molecule has 0 radical (unpaired) electrons. The normalized spacial score (nSPS) is 14.4. The van der Waals surface area contributed by atoms with Crippen molar-refractivity contribution in [1.82, 2.24) is 15.5 Å². The maximum Gasteiger partial charge on any atom is 0.339 e. The summed E-state index contributed by atoms with van der Waals surface area (Å²) in [7, 11) is 0. The summed E-state index contributed by atoms with van der Waals surface area (Å²) in [6.07, 6.45) is 2.07. The van der Waals surface area contributed by atoms with Crippen LogP contribution in [0.1, 0.15) is 59.0 Å². The highest BCUT2D eigenvalue weighted by Gasteiger charge is 2.29. The molecule has 0 bridgehead atoms. The molecule has 1 N–H and O–H groups in total. The Kier molecular flexibility index (Phi) is 5.09. The number of benzene rings is 2. The molecule has 162 valence electrons. The zero-order valence-electron chi connectivity index (χ0n) is 17.9. The minimum Gasteiger partial charge on any atom is -0.452 e. The number of rotatable bonds is 6. The molecule has 1 aliphatic carbocycles. The van der Waals surface area contributed by atoms with Crippen LogP contribution in [0.2, 0.25) is 0 Å².